The van der Waals surface area contributed by atoms with Crippen LogP contribution in [-0.2, 0) is 0 Å². The van der Waals surface area contributed by atoms with E-state index in [4.69, 9.17) is 0 Å². The maximum atomic E-state index is 12.5. The predicted molar refractivity (Wildman–Crippen MR) is 112 cm³/mol. The maximum Gasteiger partial charge on any atom is 0.252 e. The van der Waals surface area contributed by atoms with Gasteiger partial charge in [0.15, 0.2) is 0 Å². The molecule has 0 aromatic heterocycles. The first-order valence-corrected chi connectivity index (χ1v) is 10.0. The van der Waals surface area contributed by atoms with Gasteiger partial charge in [-0.3, -0.25) is 4.79 Å². The highest BCUT2D eigenvalue weighted by molar-refractivity contribution is 14.1. The topological polar surface area (TPSA) is 32.3 Å². The predicted octanol–water partition coefficient (Wildman–Crippen LogP) is 5.02. The van der Waals surface area contributed by atoms with Gasteiger partial charge in [0.2, 0.25) is 0 Å². The van der Waals surface area contributed by atoms with Gasteiger partial charge in [-0.2, -0.15) is 0 Å². The first kappa shape index (κ1) is 18.2. The number of rotatable bonds is 4. The van der Waals surface area contributed by atoms with Crippen molar-refractivity contribution in [2.45, 2.75) is 32.7 Å². The number of nitrogens with one attached hydrogen (secondary N) is 1. The number of hydrogen-bond acceptors (Lipinski definition) is 2. The van der Waals surface area contributed by atoms with Crippen molar-refractivity contribution in [3.63, 3.8) is 0 Å². The van der Waals surface area contributed by atoms with Crippen LogP contribution in [0, 0.1) is 9.49 Å². The summed E-state index contributed by atoms with van der Waals surface area (Å²) in [7, 11) is 0. The standard InChI is InChI=1S/C21H25IN2O/c1-15-11-13-24(14-12-15)18-9-7-17(8-10-18)16(2)23-21(25)19-5-3-4-6-20(19)22/h3-10,15-16H,11-14H2,1-2H3,(H,23,25). The zero-order valence-electron chi connectivity index (χ0n) is 14.8. The lowest BCUT2D eigenvalue weighted by Crippen LogP contribution is -2.32. The van der Waals surface area contributed by atoms with E-state index in [0.717, 1.165) is 33.7 Å². The zero-order valence-corrected chi connectivity index (χ0v) is 17.0. The van der Waals surface area contributed by atoms with Gasteiger partial charge in [0, 0.05) is 22.3 Å². The van der Waals surface area contributed by atoms with Crippen molar-refractivity contribution < 1.29 is 4.79 Å². The molecule has 1 amide bonds. The van der Waals surface area contributed by atoms with Crippen LogP contribution in [0.15, 0.2) is 48.5 Å². The van der Waals surface area contributed by atoms with Crippen molar-refractivity contribution in [2.75, 3.05) is 18.0 Å². The lowest BCUT2D eigenvalue weighted by atomic mass is 9.98. The van der Waals surface area contributed by atoms with Crippen LogP contribution in [0.1, 0.15) is 48.7 Å². The number of benzene rings is 2. The Morgan fingerprint density at radius 3 is 2.40 bits per heavy atom. The summed E-state index contributed by atoms with van der Waals surface area (Å²) in [5.74, 6) is 0.818. The molecule has 25 heavy (non-hydrogen) atoms. The normalized spacial score (nSPS) is 16.5. The largest absolute Gasteiger partial charge is 0.372 e. The first-order chi connectivity index (χ1) is 12.0. The Hall–Kier alpha value is -1.56. The molecule has 0 aliphatic carbocycles. The third kappa shape index (κ3) is 4.54. The highest BCUT2D eigenvalue weighted by atomic mass is 127. The highest BCUT2D eigenvalue weighted by Crippen LogP contribution is 2.25. The molecule has 1 N–H and O–H groups in total. The Labute approximate surface area is 164 Å². The molecule has 3 rings (SSSR count). The summed E-state index contributed by atoms with van der Waals surface area (Å²) in [6.07, 6.45) is 2.54. The van der Waals surface area contributed by atoms with E-state index in [1.165, 1.54) is 18.5 Å². The fourth-order valence-electron chi connectivity index (χ4n) is 3.24. The molecule has 1 heterocycles. The fourth-order valence-corrected chi connectivity index (χ4v) is 3.88. The molecule has 0 bridgehead atoms. The Bertz CT molecular complexity index is 721. The van der Waals surface area contributed by atoms with E-state index in [9.17, 15) is 4.79 Å². The molecule has 3 nitrogen and oxygen atoms in total. The van der Waals surface area contributed by atoms with E-state index < -0.39 is 0 Å². The molecule has 0 radical (unpaired) electrons. The van der Waals surface area contributed by atoms with Gasteiger partial charge in [-0.25, -0.2) is 0 Å². The van der Waals surface area contributed by atoms with Gasteiger partial charge in [0.1, 0.15) is 0 Å². The summed E-state index contributed by atoms with van der Waals surface area (Å²) in [4.78, 5) is 14.9. The fraction of sp³-hybridized carbons (Fsp3) is 0.381. The lowest BCUT2D eigenvalue weighted by molar-refractivity contribution is 0.0939. The molecule has 132 valence electrons. The van der Waals surface area contributed by atoms with Crippen LogP contribution in [0.3, 0.4) is 0 Å². The summed E-state index contributed by atoms with van der Waals surface area (Å²) in [5, 5.41) is 3.10. The third-order valence-electron chi connectivity index (χ3n) is 5.01. The second-order valence-electron chi connectivity index (χ2n) is 6.94. The molecule has 1 fully saturated rings. The molecule has 2 aromatic rings. The van der Waals surface area contributed by atoms with Gasteiger partial charge in [0.05, 0.1) is 11.6 Å². The quantitative estimate of drug-likeness (QED) is 0.667. The number of anilines is 1. The lowest BCUT2D eigenvalue weighted by Gasteiger charge is -2.32. The number of carbonyl (C=O) groups excluding carboxylic acids is 1. The number of halogens is 1. The van der Waals surface area contributed by atoms with Crippen LogP contribution in [0.4, 0.5) is 5.69 Å². The number of piperidine rings is 1. The van der Waals surface area contributed by atoms with Crippen LogP contribution in [0.5, 0.6) is 0 Å². The number of nitrogens with zero attached hydrogens (tertiary/aromatic N) is 1. The molecule has 0 saturated carbocycles. The van der Waals surface area contributed by atoms with Crippen LogP contribution < -0.4 is 10.2 Å². The summed E-state index contributed by atoms with van der Waals surface area (Å²) >= 11 is 2.20. The van der Waals surface area contributed by atoms with Gasteiger partial charge in [-0.15, -0.1) is 0 Å². The van der Waals surface area contributed by atoms with Gasteiger partial charge >= 0.3 is 0 Å². The SMILES string of the molecule is CC1CCN(c2ccc(C(C)NC(=O)c3ccccc3I)cc2)CC1. The Balaban J connectivity index is 1.64. The van der Waals surface area contributed by atoms with E-state index in [1.54, 1.807) is 0 Å². The van der Waals surface area contributed by atoms with E-state index >= 15 is 0 Å². The Kier molecular flexibility index (Phi) is 5.99. The smallest absolute Gasteiger partial charge is 0.252 e. The van der Waals surface area contributed by atoms with E-state index in [2.05, 4.69) is 64.0 Å². The average molecular weight is 448 g/mol. The van der Waals surface area contributed by atoms with Gasteiger partial charge < -0.3 is 10.2 Å². The van der Waals surface area contributed by atoms with E-state index in [0.29, 0.717) is 0 Å². The molecular formula is C21H25IN2O. The molecule has 2 aromatic carbocycles. The molecular weight excluding hydrogens is 423 g/mol. The van der Waals surface area contributed by atoms with Crippen molar-refractivity contribution in [2.24, 2.45) is 5.92 Å². The summed E-state index contributed by atoms with van der Waals surface area (Å²) in [6.45, 7) is 6.64. The summed E-state index contributed by atoms with van der Waals surface area (Å²) in [6, 6.07) is 16.3. The third-order valence-corrected chi connectivity index (χ3v) is 5.95. The van der Waals surface area contributed by atoms with Crippen molar-refractivity contribution in [1.82, 2.24) is 5.32 Å². The molecule has 1 unspecified atom stereocenters. The molecule has 1 aliphatic heterocycles. The van der Waals surface area contributed by atoms with Gasteiger partial charge in [-0.1, -0.05) is 31.2 Å². The minimum Gasteiger partial charge on any atom is -0.372 e. The molecule has 4 heteroatoms. The van der Waals surface area contributed by atoms with Crippen molar-refractivity contribution in [3.8, 4) is 0 Å². The highest BCUT2D eigenvalue weighted by Gasteiger charge is 2.17. The minimum atomic E-state index is -0.0217. The number of carbonyl (C=O) groups is 1. The van der Waals surface area contributed by atoms with E-state index in [-0.39, 0.29) is 11.9 Å². The van der Waals surface area contributed by atoms with Crippen molar-refractivity contribution in [1.29, 1.82) is 0 Å². The second-order valence-corrected chi connectivity index (χ2v) is 8.10. The minimum absolute atomic E-state index is 0.0149. The van der Waals surface area contributed by atoms with Gasteiger partial charge in [-0.05, 0) is 78.1 Å². The molecule has 1 aliphatic rings. The summed E-state index contributed by atoms with van der Waals surface area (Å²) in [5.41, 5.74) is 3.15. The van der Waals surface area contributed by atoms with Crippen LogP contribution in [0.2, 0.25) is 0 Å². The van der Waals surface area contributed by atoms with Crippen LogP contribution in [0.25, 0.3) is 0 Å². The van der Waals surface area contributed by atoms with Crippen molar-refractivity contribution in [3.05, 3.63) is 63.2 Å². The monoisotopic (exact) mass is 448 g/mol. The van der Waals surface area contributed by atoms with Crippen LogP contribution in [-0.4, -0.2) is 19.0 Å². The van der Waals surface area contributed by atoms with Gasteiger partial charge in [0.25, 0.3) is 5.91 Å². The molecule has 1 saturated heterocycles. The Morgan fingerprint density at radius 2 is 1.76 bits per heavy atom. The van der Waals surface area contributed by atoms with Crippen LogP contribution >= 0.6 is 22.6 Å². The number of hydrogen-bond donors (Lipinski definition) is 1. The molecule has 0 spiro atoms. The van der Waals surface area contributed by atoms with E-state index in [1.807, 2.05) is 31.2 Å². The average Bonchev–Trinajstić information content (AvgIpc) is 2.63. The van der Waals surface area contributed by atoms with Crippen molar-refractivity contribution >= 4 is 34.2 Å². The Morgan fingerprint density at radius 1 is 1.12 bits per heavy atom. The molecule has 1 atom stereocenters. The zero-order chi connectivity index (χ0) is 17.8. The maximum absolute atomic E-state index is 12.5. The first-order valence-electron chi connectivity index (χ1n) is 8.95. The second kappa shape index (κ2) is 8.21. The summed E-state index contributed by atoms with van der Waals surface area (Å²) < 4.78 is 0.972. The number of amides is 1.